The van der Waals surface area contributed by atoms with Gasteiger partial charge in [-0.15, -0.1) is 34.0 Å². The Labute approximate surface area is 194 Å². The van der Waals surface area contributed by atoms with E-state index in [2.05, 4.69) is 20.6 Å². The van der Waals surface area contributed by atoms with Crippen molar-refractivity contribution in [2.75, 3.05) is 5.32 Å². The van der Waals surface area contributed by atoms with Crippen LogP contribution in [0.25, 0.3) is 10.6 Å². The van der Waals surface area contributed by atoms with Crippen LogP contribution in [-0.4, -0.2) is 21.8 Å². The van der Waals surface area contributed by atoms with Crippen molar-refractivity contribution in [3.63, 3.8) is 0 Å². The fourth-order valence-electron chi connectivity index (χ4n) is 2.59. The molecule has 4 aromatic rings. The molecule has 0 aliphatic rings. The summed E-state index contributed by atoms with van der Waals surface area (Å²) < 4.78 is 18.5. The van der Waals surface area contributed by atoms with Crippen LogP contribution in [0, 0.1) is 5.82 Å². The molecule has 1 aromatic carbocycles. The summed E-state index contributed by atoms with van der Waals surface area (Å²) in [5.41, 5.74) is 1.04. The highest BCUT2D eigenvalue weighted by Crippen LogP contribution is 2.31. The second-order valence-corrected chi connectivity index (χ2v) is 9.51. The molecular formula is C21H17FN4O3S3. The molecule has 0 aliphatic heterocycles. The molecule has 0 unspecified atom stereocenters. The topological polar surface area (TPSA) is 93.2 Å². The van der Waals surface area contributed by atoms with Crippen LogP contribution in [0.3, 0.4) is 0 Å². The first-order valence-corrected chi connectivity index (χ1v) is 12.0. The molecule has 2 amide bonds. The Hall–Kier alpha value is -3.15. The number of anilines is 1. The van der Waals surface area contributed by atoms with Gasteiger partial charge in [0.05, 0.1) is 17.1 Å². The summed E-state index contributed by atoms with van der Waals surface area (Å²) in [6.07, 6.45) is 0. The van der Waals surface area contributed by atoms with Gasteiger partial charge in [0.2, 0.25) is 5.91 Å². The number of carbonyl (C=O) groups excluding carboxylic acids is 2. The molecule has 0 saturated carbocycles. The summed E-state index contributed by atoms with van der Waals surface area (Å²) in [7, 11) is 0. The van der Waals surface area contributed by atoms with Crippen molar-refractivity contribution in [2.24, 2.45) is 0 Å². The van der Waals surface area contributed by atoms with E-state index in [4.69, 9.17) is 4.74 Å². The van der Waals surface area contributed by atoms with E-state index >= 15 is 0 Å². The highest BCUT2D eigenvalue weighted by molar-refractivity contribution is 7.17. The molecule has 2 N–H and O–H groups in total. The molecular weight excluding hydrogens is 471 g/mol. The van der Waals surface area contributed by atoms with Gasteiger partial charge >= 0.3 is 0 Å². The van der Waals surface area contributed by atoms with Crippen molar-refractivity contribution < 1.29 is 18.7 Å². The largest absolute Gasteiger partial charge is 0.486 e. The van der Waals surface area contributed by atoms with Gasteiger partial charge in [-0.25, -0.2) is 14.4 Å². The maximum atomic E-state index is 13.0. The summed E-state index contributed by atoms with van der Waals surface area (Å²) in [5, 5.41) is 10.2. The molecule has 164 valence electrons. The zero-order valence-corrected chi connectivity index (χ0v) is 19.2. The normalized spacial score (nSPS) is 10.7. The number of aromatic nitrogens is 2. The van der Waals surface area contributed by atoms with Gasteiger partial charge in [0.1, 0.15) is 28.9 Å². The minimum absolute atomic E-state index is 0.0779. The van der Waals surface area contributed by atoms with E-state index in [1.165, 1.54) is 65.2 Å². The molecule has 0 aliphatic carbocycles. The lowest BCUT2D eigenvalue weighted by molar-refractivity contribution is -0.119. The molecule has 0 bridgehead atoms. The zero-order chi connectivity index (χ0) is 22.5. The number of halogens is 1. The van der Waals surface area contributed by atoms with Gasteiger partial charge in [0, 0.05) is 22.6 Å². The SMILES string of the molecule is CC(=O)NCc1ccc(-c2csc(NC(=O)c3csc(COc4ccc(F)cc4)n3)n2)s1. The first-order valence-electron chi connectivity index (χ1n) is 9.39. The third-order valence-electron chi connectivity index (χ3n) is 4.11. The van der Waals surface area contributed by atoms with Crippen LogP contribution in [0.2, 0.25) is 0 Å². The lowest BCUT2D eigenvalue weighted by Gasteiger charge is -2.03. The molecule has 3 aromatic heterocycles. The number of carbonyl (C=O) groups is 2. The van der Waals surface area contributed by atoms with Gasteiger partial charge in [-0.2, -0.15) is 0 Å². The Bertz CT molecular complexity index is 1230. The molecule has 0 saturated heterocycles. The maximum Gasteiger partial charge on any atom is 0.276 e. The molecule has 0 atom stereocenters. The Morgan fingerprint density at radius 3 is 2.66 bits per heavy atom. The highest BCUT2D eigenvalue weighted by atomic mass is 32.1. The van der Waals surface area contributed by atoms with Crippen LogP contribution in [0.4, 0.5) is 9.52 Å². The smallest absolute Gasteiger partial charge is 0.276 e. The first-order chi connectivity index (χ1) is 15.5. The molecule has 7 nitrogen and oxygen atoms in total. The van der Waals surface area contributed by atoms with E-state index < -0.39 is 0 Å². The number of benzene rings is 1. The number of hydrogen-bond donors (Lipinski definition) is 2. The van der Waals surface area contributed by atoms with Gasteiger partial charge < -0.3 is 10.1 Å². The molecule has 0 spiro atoms. The van der Waals surface area contributed by atoms with Gasteiger partial charge in [-0.05, 0) is 36.4 Å². The number of amides is 2. The lowest BCUT2D eigenvalue weighted by atomic mass is 10.3. The van der Waals surface area contributed by atoms with Crippen molar-refractivity contribution in [3.8, 4) is 16.3 Å². The van der Waals surface area contributed by atoms with Gasteiger partial charge in [-0.3, -0.25) is 14.9 Å². The van der Waals surface area contributed by atoms with E-state index in [9.17, 15) is 14.0 Å². The van der Waals surface area contributed by atoms with Crippen molar-refractivity contribution >= 4 is 51.0 Å². The number of thiophene rings is 1. The average molecular weight is 489 g/mol. The van der Waals surface area contributed by atoms with E-state index in [0.717, 1.165) is 15.4 Å². The average Bonchev–Trinajstić information content (AvgIpc) is 3.52. The maximum absolute atomic E-state index is 13.0. The number of ether oxygens (including phenoxy) is 1. The fourth-order valence-corrected chi connectivity index (χ4v) is 4.96. The van der Waals surface area contributed by atoms with Crippen LogP contribution in [0.15, 0.2) is 47.2 Å². The summed E-state index contributed by atoms with van der Waals surface area (Å²) in [6, 6.07) is 9.59. The molecule has 0 fully saturated rings. The number of nitrogens with zero attached hydrogens (tertiary/aromatic N) is 2. The number of thiazole rings is 2. The van der Waals surface area contributed by atoms with Gasteiger partial charge in [0.15, 0.2) is 5.13 Å². The second-order valence-electron chi connectivity index (χ2n) is 6.54. The van der Waals surface area contributed by atoms with Crippen LogP contribution in [0.1, 0.15) is 27.3 Å². The molecule has 0 radical (unpaired) electrons. The van der Waals surface area contributed by atoms with Gasteiger partial charge in [0.25, 0.3) is 5.91 Å². The van der Waals surface area contributed by atoms with E-state index in [0.29, 0.717) is 22.4 Å². The van der Waals surface area contributed by atoms with Gasteiger partial charge in [-0.1, -0.05) is 0 Å². The standard InChI is InChI=1S/C21H17FN4O3S3/c1-12(27)23-8-15-6-7-18(32-15)16-10-31-21(25-16)26-20(28)17-11-30-19(24-17)9-29-14-4-2-13(22)3-5-14/h2-7,10-11H,8-9H2,1H3,(H,23,27)(H,25,26,28). The van der Waals surface area contributed by atoms with Crippen LogP contribution >= 0.6 is 34.0 Å². The highest BCUT2D eigenvalue weighted by Gasteiger charge is 2.15. The van der Waals surface area contributed by atoms with Crippen LogP contribution < -0.4 is 15.4 Å². The van der Waals surface area contributed by atoms with Crippen LogP contribution in [0.5, 0.6) is 5.75 Å². The lowest BCUT2D eigenvalue weighted by Crippen LogP contribution is -2.17. The third kappa shape index (κ3) is 5.75. The summed E-state index contributed by atoms with van der Waals surface area (Å²) in [5.74, 6) is -0.240. The summed E-state index contributed by atoms with van der Waals surface area (Å²) >= 11 is 4.17. The fraction of sp³-hybridized carbons (Fsp3) is 0.143. The third-order valence-corrected chi connectivity index (χ3v) is 6.80. The molecule has 4 rings (SSSR count). The zero-order valence-electron chi connectivity index (χ0n) is 16.8. The Morgan fingerprint density at radius 2 is 1.88 bits per heavy atom. The monoisotopic (exact) mass is 488 g/mol. The number of rotatable bonds is 8. The first kappa shape index (κ1) is 22.1. The molecule has 3 heterocycles. The predicted molar refractivity (Wildman–Crippen MR) is 124 cm³/mol. The van der Waals surface area contributed by atoms with Crippen molar-refractivity contribution in [3.05, 3.63) is 68.6 Å². The Kier molecular flexibility index (Phi) is 6.88. The van der Waals surface area contributed by atoms with Crippen molar-refractivity contribution in [2.45, 2.75) is 20.1 Å². The van der Waals surface area contributed by atoms with Crippen LogP contribution in [-0.2, 0) is 17.9 Å². The minimum atomic E-state index is -0.354. The van der Waals surface area contributed by atoms with Crippen molar-refractivity contribution in [1.82, 2.24) is 15.3 Å². The quantitative estimate of drug-likeness (QED) is 0.367. The Balaban J connectivity index is 1.33. The van der Waals surface area contributed by atoms with Crippen molar-refractivity contribution in [1.29, 1.82) is 0 Å². The number of nitrogens with one attached hydrogen (secondary N) is 2. The number of hydrogen-bond acceptors (Lipinski definition) is 8. The minimum Gasteiger partial charge on any atom is -0.486 e. The Morgan fingerprint density at radius 1 is 1.06 bits per heavy atom. The van der Waals surface area contributed by atoms with E-state index in [1.807, 2.05) is 17.5 Å². The summed E-state index contributed by atoms with van der Waals surface area (Å²) in [6.45, 7) is 2.14. The second kappa shape index (κ2) is 9.98. The summed E-state index contributed by atoms with van der Waals surface area (Å²) in [4.78, 5) is 34.3. The predicted octanol–water partition coefficient (Wildman–Crippen LogP) is 4.93. The van der Waals surface area contributed by atoms with E-state index in [-0.39, 0.29) is 29.9 Å². The van der Waals surface area contributed by atoms with E-state index in [1.54, 1.807) is 5.38 Å². The molecule has 32 heavy (non-hydrogen) atoms. The molecule has 11 heteroatoms.